The summed E-state index contributed by atoms with van der Waals surface area (Å²) in [7, 11) is -4.01. The zero-order valence-electron chi connectivity index (χ0n) is 52.0. The third-order valence-corrected chi connectivity index (χ3v) is 28.5. The largest absolute Gasteiger partial charge is 0.507 e. The van der Waals surface area contributed by atoms with Crippen LogP contribution in [0.5, 0.6) is 34.5 Å². The Hall–Kier alpha value is -7.89. The van der Waals surface area contributed by atoms with E-state index in [0.717, 1.165) is 172 Å². The van der Waals surface area contributed by atoms with E-state index in [0.29, 0.717) is 64.6 Å². The first-order valence-corrected chi connectivity index (χ1v) is 37.1. The van der Waals surface area contributed by atoms with Crippen molar-refractivity contribution in [2.45, 2.75) is 156 Å². The summed E-state index contributed by atoms with van der Waals surface area (Å²) in [6.45, 7) is 19.1. The van der Waals surface area contributed by atoms with Gasteiger partial charge in [-0.15, -0.1) is 11.1 Å². The minimum atomic E-state index is -2.00. The quantitative estimate of drug-likeness (QED) is 0.0678. The predicted molar refractivity (Wildman–Crippen MR) is 359 cm³/mol. The first-order valence-electron chi connectivity index (χ1n) is 31.8. The number of para-hydroxylation sites is 6. The molecule has 8 heteroatoms. The molecular formula is C78H86O6Si2. The van der Waals surface area contributed by atoms with Crippen LogP contribution in [0.15, 0.2) is 133 Å². The van der Waals surface area contributed by atoms with Gasteiger partial charge in [-0.05, 0) is 174 Å². The Kier molecular flexibility index (Phi) is 19.4. The monoisotopic (exact) mass is 1170 g/mol. The maximum absolute atomic E-state index is 12.6. The lowest BCUT2D eigenvalue weighted by atomic mass is 9.84. The number of phenolic OH excluding ortho intramolecular Hbond substituents is 4. The number of fused-ring (bicyclic) bond motifs is 16. The van der Waals surface area contributed by atoms with Crippen LogP contribution in [-0.4, -0.2) is 49.8 Å². The molecule has 4 N–H and O–H groups in total. The first kappa shape index (κ1) is 61.2. The molecule has 6 nitrogen and oxygen atoms in total. The lowest BCUT2D eigenvalue weighted by Gasteiger charge is -2.23. The van der Waals surface area contributed by atoms with E-state index in [1.54, 1.807) is 0 Å². The van der Waals surface area contributed by atoms with E-state index in [2.05, 4.69) is 163 Å². The Morgan fingerprint density at radius 3 is 0.733 bits per heavy atom. The van der Waals surface area contributed by atoms with Crippen molar-refractivity contribution in [3.05, 3.63) is 234 Å². The van der Waals surface area contributed by atoms with Crippen LogP contribution in [0.3, 0.4) is 0 Å². The van der Waals surface area contributed by atoms with Gasteiger partial charge >= 0.3 is 0 Å². The van der Waals surface area contributed by atoms with Crippen molar-refractivity contribution in [3.8, 4) is 68.6 Å². The lowest BCUT2D eigenvalue weighted by molar-refractivity contribution is 0.311. The maximum Gasteiger partial charge on any atom is 0.138 e. The number of rotatable bonds is 13. The molecule has 0 atom stereocenters. The Bertz CT molecular complexity index is 3450. The second-order valence-corrected chi connectivity index (χ2v) is 34.0. The Morgan fingerprint density at radius 2 is 0.523 bits per heavy atom. The van der Waals surface area contributed by atoms with Gasteiger partial charge in [0.25, 0.3) is 0 Å². The van der Waals surface area contributed by atoms with E-state index in [9.17, 15) is 20.4 Å². The van der Waals surface area contributed by atoms with Crippen LogP contribution >= 0.6 is 0 Å². The van der Waals surface area contributed by atoms with E-state index in [1.165, 1.54) is 0 Å². The summed E-state index contributed by atoms with van der Waals surface area (Å²) in [4.78, 5) is 0. The number of phenols is 4. The van der Waals surface area contributed by atoms with Crippen LogP contribution in [-0.2, 0) is 51.4 Å². The summed E-state index contributed by atoms with van der Waals surface area (Å²) in [6.07, 6.45) is 5.18. The highest BCUT2D eigenvalue weighted by Gasteiger charge is 2.28. The van der Waals surface area contributed by atoms with Crippen LogP contribution < -0.4 is 9.47 Å². The summed E-state index contributed by atoms with van der Waals surface area (Å²) >= 11 is 0. The second-order valence-electron chi connectivity index (χ2n) is 24.1. The van der Waals surface area contributed by atoms with E-state index in [4.69, 9.17) is 9.47 Å². The molecule has 2 aliphatic rings. The zero-order chi connectivity index (χ0) is 60.5. The Balaban J connectivity index is 1.26. The van der Waals surface area contributed by atoms with E-state index < -0.39 is 16.1 Å². The van der Waals surface area contributed by atoms with E-state index >= 15 is 0 Å². The molecule has 0 unspecified atom stereocenters. The summed E-state index contributed by atoms with van der Waals surface area (Å²) in [6, 6.07) is 52.4. The van der Waals surface area contributed by atoms with Crippen molar-refractivity contribution in [2.75, 3.05) is 13.2 Å². The van der Waals surface area contributed by atoms with Crippen molar-refractivity contribution in [2.24, 2.45) is 0 Å². The van der Waals surface area contributed by atoms with Crippen molar-refractivity contribution >= 4 is 16.1 Å². The van der Waals surface area contributed by atoms with Gasteiger partial charge in [0.1, 0.15) is 50.6 Å². The predicted octanol–water partition coefficient (Wildman–Crippen LogP) is 17.9. The molecule has 0 radical (unpaired) electrons. The number of hydrogen-bond acceptors (Lipinski definition) is 6. The fraction of sp³-hybridized carbons (Fsp3) is 0.333. The minimum Gasteiger partial charge on any atom is -0.507 e. The molecule has 10 rings (SSSR count). The number of hydrogen-bond donors (Lipinski definition) is 4. The molecule has 8 aromatic rings. The number of ether oxygens (including phenoxy) is 2. The number of aromatic hydroxyl groups is 4. The van der Waals surface area contributed by atoms with E-state index in [-0.39, 0.29) is 23.0 Å². The molecule has 0 aliphatic heterocycles. The normalized spacial score (nSPS) is 13.0. The fourth-order valence-corrected chi connectivity index (χ4v) is 18.0. The van der Waals surface area contributed by atoms with Gasteiger partial charge in [-0.2, -0.15) is 0 Å². The highest BCUT2D eigenvalue weighted by atomic mass is 28.3. The van der Waals surface area contributed by atoms with E-state index in [1.807, 2.05) is 48.5 Å². The van der Waals surface area contributed by atoms with Crippen LogP contribution in [0.25, 0.3) is 11.1 Å². The molecule has 0 fully saturated rings. The molecule has 0 aromatic heterocycles. The number of benzene rings is 8. The van der Waals surface area contributed by atoms with Gasteiger partial charge in [0.2, 0.25) is 0 Å². The summed E-state index contributed by atoms with van der Waals surface area (Å²) in [5, 5.41) is 50.4. The third kappa shape index (κ3) is 12.9. The molecule has 16 bridgehead atoms. The molecule has 442 valence electrons. The second kappa shape index (κ2) is 27.2. The van der Waals surface area contributed by atoms with Gasteiger partial charge < -0.3 is 29.9 Å². The molecule has 0 spiro atoms. The van der Waals surface area contributed by atoms with Crippen LogP contribution in [0, 0.1) is 22.9 Å². The van der Waals surface area contributed by atoms with Crippen molar-refractivity contribution in [3.63, 3.8) is 0 Å². The van der Waals surface area contributed by atoms with Gasteiger partial charge in [-0.25, -0.2) is 0 Å². The first-order chi connectivity index (χ1) is 41.8. The Labute approximate surface area is 514 Å². The molecule has 2 aliphatic carbocycles. The lowest BCUT2D eigenvalue weighted by Crippen LogP contribution is -2.29. The topological polar surface area (TPSA) is 99.4 Å². The smallest absolute Gasteiger partial charge is 0.138 e. The SMILES string of the molecule is CCCOc1c2cccc1Cc1cccc(c1O)Cc1cc(-c3cc4c(C#C[Si](CC)(CC)CC)c(c3)Cc3cccc(c3O)Cc3cccc(c3OCCC)Cc3cccc(c3O)C4)cc(c1C#C[Si](CC)(CC)CC)Cc1cccc(c1O)C2. The molecule has 0 saturated carbocycles. The van der Waals surface area contributed by atoms with Crippen LogP contribution in [0.2, 0.25) is 36.3 Å². The summed E-state index contributed by atoms with van der Waals surface area (Å²) < 4.78 is 13.1. The highest BCUT2D eigenvalue weighted by molar-refractivity contribution is 6.87. The van der Waals surface area contributed by atoms with Gasteiger partial charge in [-0.1, -0.05) is 176 Å². The minimum absolute atomic E-state index is 0.263. The van der Waals surface area contributed by atoms with Gasteiger partial charge in [0.15, 0.2) is 0 Å². The third-order valence-electron chi connectivity index (χ3n) is 19.0. The van der Waals surface area contributed by atoms with Crippen molar-refractivity contribution < 1.29 is 29.9 Å². The average Bonchev–Trinajstić information content (AvgIpc) is 1.99. The van der Waals surface area contributed by atoms with Gasteiger partial charge in [0, 0.05) is 62.5 Å². The molecular weight excluding hydrogens is 1090 g/mol. The summed E-state index contributed by atoms with van der Waals surface area (Å²) in [5.41, 5.74) is 26.2. The van der Waals surface area contributed by atoms with Crippen molar-refractivity contribution in [1.82, 2.24) is 0 Å². The van der Waals surface area contributed by atoms with Crippen LogP contribution in [0.4, 0.5) is 0 Å². The maximum atomic E-state index is 12.6. The molecule has 0 amide bonds. The average molecular weight is 1180 g/mol. The standard InChI is InChI=1S/C78H86O6Si2/c1-9-37-83-77-61-31-21-32-62(77)42-54-24-18-28-58(74(54)80)46-68-50-65(49-67(45-57-27-17-23-53(41-61)73(57)79)71(68)35-39-85(11-3,12-4)13-5)66-51-69-47-59-29-19-25-55(75(59)81)43-63-33-22-34-64(78(63)84-38-10-2)44-56-26-20-30-60(76(56)82)48-70(52-66)72(69)36-40-86(14-6,15-7)16-8/h17-34,49-52,79-82H,9-16,37-38,41-48H2,1-8H3. The van der Waals surface area contributed by atoms with Crippen LogP contribution in [0.1, 0.15) is 168 Å². The zero-order valence-corrected chi connectivity index (χ0v) is 54.0. The summed E-state index contributed by atoms with van der Waals surface area (Å²) in [5.74, 6) is 10.5. The van der Waals surface area contributed by atoms with Gasteiger partial charge in [0.05, 0.1) is 13.2 Å². The molecule has 0 heterocycles. The van der Waals surface area contributed by atoms with Gasteiger partial charge in [-0.3, -0.25) is 0 Å². The molecule has 0 saturated heterocycles. The molecule has 8 aromatic carbocycles. The fourth-order valence-electron chi connectivity index (χ4n) is 13.1. The molecule has 86 heavy (non-hydrogen) atoms. The Morgan fingerprint density at radius 1 is 0.314 bits per heavy atom. The van der Waals surface area contributed by atoms with Crippen molar-refractivity contribution in [1.29, 1.82) is 0 Å². The highest BCUT2D eigenvalue weighted by Crippen LogP contribution is 2.42.